The SMILES string of the molecule is CCN1CCN(C(=O)[C@]23CC[C@H](C2)C(C)(C)C3=O)CC1. The first kappa shape index (κ1) is 14.1. The average Bonchev–Trinajstić information content (AvgIpc) is 2.98. The minimum absolute atomic E-state index is 0.131. The normalized spacial score (nSPS) is 36.6. The van der Waals surface area contributed by atoms with Gasteiger partial charge in [-0.1, -0.05) is 20.8 Å². The van der Waals surface area contributed by atoms with Crippen molar-refractivity contribution in [3.63, 3.8) is 0 Å². The van der Waals surface area contributed by atoms with Crippen molar-refractivity contribution in [1.82, 2.24) is 9.80 Å². The van der Waals surface area contributed by atoms with E-state index in [-0.39, 0.29) is 17.1 Å². The Morgan fingerprint density at radius 2 is 1.90 bits per heavy atom. The van der Waals surface area contributed by atoms with Crippen LogP contribution in [-0.2, 0) is 9.59 Å². The molecule has 1 saturated heterocycles. The van der Waals surface area contributed by atoms with Crippen molar-refractivity contribution < 1.29 is 9.59 Å². The van der Waals surface area contributed by atoms with Crippen LogP contribution in [0.2, 0.25) is 0 Å². The lowest BCUT2D eigenvalue weighted by atomic mass is 9.70. The smallest absolute Gasteiger partial charge is 0.236 e. The van der Waals surface area contributed by atoms with Crippen molar-refractivity contribution in [3.8, 4) is 0 Å². The Hall–Kier alpha value is -0.900. The van der Waals surface area contributed by atoms with E-state index in [0.29, 0.717) is 5.92 Å². The molecule has 1 amide bonds. The maximum absolute atomic E-state index is 13.0. The number of Topliss-reactive ketones (excluding diaryl/α,β-unsaturated/α-hetero) is 1. The summed E-state index contributed by atoms with van der Waals surface area (Å²) in [5.41, 5.74) is -0.957. The Balaban J connectivity index is 1.77. The van der Waals surface area contributed by atoms with Crippen molar-refractivity contribution in [2.24, 2.45) is 16.7 Å². The van der Waals surface area contributed by atoms with E-state index in [4.69, 9.17) is 0 Å². The second kappa shape index (κ2) is 4.55. The van der Waals surface area contributed by atoms with E-state index in [2.05, 4.69) is 11.8 Å². The highest BCUT2D eigenvalue weighted by molar-refractivity contribution is 6.10. The summed E-state index contributed by atoms with van der Waals surface area (Å²) in [5.74, 6) is 0.756. The number of rotatable bonds is 2. The summed E-state index contributed by atoms with van der Waals surface area (Å²) >= 11 is 0. The molecule has 0 N–H and O–H groups in total. The van der Waals surface area contributed by atoms with Crippen molar-refractivity contribution in [2.75, 3.05) is 32.7 Å². The van der Waals surface area contributed by atoms with Gasteiger partial charge >= 0.3 is 0 Å². The molecule has 2 atom stereocenters. The summed E-state index contributed by atoms with van der Waals surface area (Å²) in [4.78, 5) is 30.0. The molecule has 2 bridgehead atoms. The molecule has 0 aromatic heterocycles. The van der Waals surface area contributed by atoms with Crippen molar-refractivity contribution in [2.45, 2.75) is 40.0 Å². The predicted molar refractivity (Wildman–Crippen MR) is 77.3 cm³/mol. The Labute approximate surface area is 121 Å². The minimum Gasteiger partial charge on any atom is -0.339 e. The van der Waals surface area contributed by atoms with Gasteiger partial charge in [-0.25, -0.2) is 0 Å². The second-order valence-corrected chi connectivity index (χ2v) is 7.30. The number of likely N-dealkylation sites (N-methyl/N-ethyl adjacent to an activating group) is 1. The highest BCUT2D eigenvalue weighted by Gasteiger charge is 2.65. The molecule has 20 heavy (non-hydrogen) atoms. The number of amides is 1. The molecule has 1 aliphatic heterocycles. The molecule has 4 heteroatoms. The van der Waals surface area contributed by atoms with Crippen LogP contribution in [-0.4, -0.2) is 54.2 Å². The number of fused-ring (bicyclic) bond motifs is 2. The lowest BCUT2D eigenvalue weighted by Crippen LogP contribution is -2.55. The van der Waals surface area contributed by atoms with Gasteiger partial charge in [0.25, 0.3) is 0 Å². The fourth-order valence-electron chi connectivity index (χ4n) is 4.53. The quantitative estimate of drug-likeness (QED) is 0.720. The molecule has 0 aromatic carbocycles. The lowest BCUT2D eigenvalue weighted by molar-refractivity contribution is -0.152. The van der Waals surface area contributed by atoms with Gasteiger partial charge in [0.15, 0.2) is 5.78 Å². The zero-order chi connectivity index (χ0) is 14.5. The highest BCUT2D eigenvalue weighted by Crippen LogP contribution is 2.60. The van der Waals surface area contributed by atoms with Gasteiger partial charge < -0.3 is 9.80 Å². The number of hydrogen-bond acceptors (Lipinski definition) is 3. The van der Waals surface area contributed by atoms with Gasteiger partial charge in [0.05, 0.1) is 0 Å². The lowest BCUT2D eigenvalue weighted by Gasteiger charge is -2.39. The van der Waals surface area contributed by atoms with E-state index in [1.54, 1.807) is 0 Å². The van der Waals surface area contributed by atoms with E-state index >= 15 is 0 Å². The Bertz CT molecular complexity index is 438. The van der Waals surface area contributed by atoms with Crippen LogP contribution in [0.3, 0.4) is 0 Å². The number of ketones is 1. The molecule has 0 radical (unpaired) electrons. The zero-order valence-corrected chi connectivity index (χ0v) is 12.9. The fourth-order valence-corrected chi connectivity index (χ4v) is 4.53. The van der Waals surface area contributed by atoms with Crippen LogP contribution in [0, 0.1) is 16.7 Å². The standard InChI is InChI=1S/C16H26N2O2/c1-4-17-7-9-18(10-8-17)14(20)16-6-5-12(11-16)15(2,3)13(16)19/h12H,4-11H2,1-3H3/t12-,16-/m1/s1. The monoisotopic (exact) mass is 278 g/mol. The molecule has 3 aliphatic rings. The van der Waals surface area contributed by atoms with Gasteiger partial charge in [-0.2, -0.15) is 0 Å². The average molecular weight is 278 g/mol. The second-order valence-electron chi connectivity index (χ2n) is 7.30. The number of carbonyl (C=O) groups is 2. The number of carbonyl (C=O) groups excluding carboxylic acids is 2. The molecular weight excluding hydrogens is 252 g/mol. The molecule has 2 aliphatic carbocycles. The van der Waals surface area contributed by atoms with E-state index in [1.165, 1.54) is 0 Å². The molecule has 0 unspecified atom stereocenters. The molecule has 3 rings (SSSR count). The zero-order valence-electron chi connectivity index (χ0n) is 12.9. The molecule has 2 saturated carbocycles. The van der Waals surface area contributed by atoms with Crippen LogP contribution in [0.25, 0.3) is 0 Å². The highest BCUT2D eigenvalue weighted by atomic mass is 16.2. The van der Waals surface area contributed by atoms with Crippen LogP contribution in [0.15, 0.2) is 0 Å². The van der Waals surface area contributed by atoms with Gasteiger partial charge in [0, 0.05) is 31.6 Å². The van der Waals surface area contributed by atoms with Crippen LogP contribution in [0.1, 0.15) is 40.0 Å². The maximum Gasteiger partial charge on any atom is 0.236 e. The summed E-state index contributed by atoms with van der Waals surface area (Å²) < 4.78 is 0. The maximum atomic E-state index is 13.0. The van der Waals surface area contributed by atoms with Crippen molar-refractivity contribution in [3.05, 3.63) is 0 Å². The molecule has 112 valence electrons. The summed E-state index contributed by atoms with van der Waals surface area (Å²) in [5, 5.41) is 0. The summed E-state index contributed by atoms with van der Waals surface area (Å²) in [6.07, 6.45) is 2.62. The first-order valence-electron chi connectivity index (χ1n) is 7.98. The van der Waals surface area contributed by atoms with Gasteiger partial charge in [-0.3, -0.25) is 9.59 Å². The number of nitrogens with zero attached hydrogens (tertiary/aromatic N) is 2. The first-order valence-corrected chi connectivity index (χ1v) is 7.98. The fraction of sp³-hybridized carbons (Fsp3) is 0.875. The Kier molecular flexibility index (Phi) is 3.20. The summed E-state index contributed by atoms with van der Waals surface area (Å²) in [6, 6.07) is 0. The van der Waals surface area contributed by atoms with Gasteiger partial charge in [0.1, 0.15) is 5.41 Å². The first-order chi connectivity index (χ1) is 9.41. The third-order valence-electron chi connectivity index (χ3n) is 6.07. The van der Waals surface area contributed by atoms with Crippen LogP contribution in [0.5, 0.6) is 0 Å². The molecular formula is C16H26N2O2. The van der Waals surface area contributed by atoms with Crippen LogP contribution < -0.4 is 0 Å². The third-order valence-corrected chi connectivity index (χ3v) is 6.07. The number of piperazine rings is 1. The van der Waals surface area contributed by atoms with Crippen LogP contribution >= 0.6 is 0 Å². The molecule has 0 aromatic rings. The van der Waals surface area contributed by atoms with Gasteiger partial charge in [-0.15, -0.1) is 0 Å². The molecule has 4 nitrogen and oxygen atoms in total. The van der Waals surface area contributed by atoms with E-state index in [9.17, 15) is 9.59 Å². The van der Waals surface area contributed by atoms with Gasteiger partial charge in [-0.05, 0) is 31.7 Å². The topological polar surface area (TPSA) is 40.6 Å². The Morgan fingerprint density at radius 1 is 1.25 bits per heavy atom. The predicted octanol–water partition coefficient (Wildman–Crippen LogP) is 1.55. The van der Waals surface area contributed by atoms with E-state index in [0.717, 1.165) is 52.0 Å². The molecule has 1 heterocycles. The summed E-state index contributed by atoms with van der Waals surface area (Å²) in [7, 11) is 0. The van der Waals surface area contributed by atoms with Crippen molar-refractivity contribution >= 4 is 11.7 Å². The molecule has 3 fully saturated rings. The third kappa shape index (κ3) is 1.77. The Morgan fingerprint density at radius 3 is 2.40 bits per heavy atom. The van der Waals surface area contributed by atoms with Gasteiger partial charge in [0.2, 0.25) is 5.91 Å². The molecule has 0 spiro atoms. The largest absolute Gasteiger partial charge is 0.339 e. The van der Waals surface area contributed by atoms with Crippen LogP contribution in [0.4, 0.5) is 0 Å². The summed E-state index contributed by atoms with van der Waals surface area (Å²) in [6.45, 7) is 10.7. The van der Waals surface area contributed by atoms with E-state index < -0.39 is 5.41 Å². The van der Waals surface area contributed by atoms with Crippen molar-refractivity contribution in [1.29, 1.82) is 0 Å². The number of hydrogen-bond donors (Lipinski definition) is 0. The van der Waals surface area contributed by atoms with E-state index in [1.807, 2.05) is 18.7 Å². The minimum atomic E-state index is -0.664.